The molecule has 0 aromatic carbocycles. The number of fused-ring (bicyclic) bond motifs is 1. The van der Waals surface area contributed by atoms with Crippen LogP contribution in [0.3, 0.4) is 0 Å². The van der Waals surface area contributed by atoms with E-state index in [9.17, 15) is 5.11 Å². The summed E-state index contributed by atoms with van der Waals surface area (Å²) in [6, 6.07) is 0.113. The standard InChI is InChI=1S/C12H16N6O2/c1-20-17-10-9-11(16-12(13)15-10)18(6-14-9)8-3-2-7(4-8)5-19/h2-3,6-8,19H,4-5H2,1H3,(H3,13,15,16,17)/t7-,8+/m1/s1. The molecule has 8 nitrogen and oxygen atoms in total. The number of nitrogen functional groups attached to an aromatic ring is 1. The van der Waals surface area contributed by atoms with Gasteiger partial charge in [-0.15, -0.1) is 0 Å². The molecule has 20 heavy (non-hydrogen) atoms. The average molecular weight is 276 g/mol. The highest BCUT2D eigenvalue weighted by atomic mass is 16.6. The first-order valence-electron chi connectivity index (χ1n) is 6.31. The Balaban J connectivity index is 2.03. The van der Waals surface area contributed by atoms with Gasteiger partial charge in [0.25, 0.3) is 0 Å². The number of nitrogens with one attached hydrogen (secondary N) is 1. The molecule has 8 heteroatoms. The van der Waals surface area contributed by atoms with E-state index >= 15 is 0 Å². The van der Waals surface area contributed by atoms with Crippen LogP contribution in [-0.2, 0) is 4.84 Å². The summed E-state index contributed by atoms with van der Waals surface area (Å²) in [6.07, 6.45) is 6.58. The maximum absolute atomic E-state index is 9.20. The zero-order chi connectivity index (χ0) is 14.1. The largest absolute Gasteiger partial charge is 0.396 e. The first-order chi connectivity index (χ1) is 9.72. The van der Waals surface area contributed by atoms with Crippen LogP contribution in [0, 0.1) is 5.92 Å². The van der Waals surface area contributed by atoms with Gasteiger partial charge in [0.15, 0.2) is 17.0 Å². The van der Waals surface area contributed by atoms with Crippen molar-refractivity contribution in [1.29, 1.82) is 0 Å². The summed E-state index contributed by atoms with van der Waals surface area (Å²) in [5, 5.41) is 9.20. The van der Waals surface area contributed by atoms with Gasteiger partial charge in [-0.05, 0) is 6.42 Å². The molecule has 2 aromatic heterocycles. The molecular formula is C12H16N6O2. The predicted octanol–water partition coefficient (Wildman–Crippen LogP) is 0.491. The van der Waals surface area contributed by atoms with E-state index in [1.807, 2.05) is 16.7 Å². The summed E-state index contributed by atoms with van der Waals surface area (Å²) in [5.74, 6) is 0.766. The number of nitrogens with zero attached hydrogens (tertiary/aromatic N) is 4. The molecule has 4 N–H and O–H groups in total. The molecule has 0 unspecified atom stereocenters. The van der Waals surface area contributed by atoms with Crippen molar-refractivity contribution in [2.45, 2.75) is 12.5 Å². The van der Waals surface area contributed by atoms with Crippen molar-refractivity contribution in [2.24, 2.45) is 5.92 Å². The van der Waals surface area contributed by atoms with Crippen molar-refractivity contribution >= 4 is 22.9 Å². The molecule has 1 aliphatic carbocycles. The highest BCUT2D eigenvalue weighted by molar-refractivity contribution is 5.83. The summed E-state index contributed by atoms with van der Waals surface area (Å²) in [6.45, 7) is 0.146. The molecule has 0 amide bonds. The Kier molecular flexibility index (Phi) is 3.25. The van der Waals surface area contributed by atoms with Gasteiger partial charge in [0, 0.05) is 12.5 Å². The normalized spacial score (nSPS) is 21.7. The molecule has 2 aromatic rings. The van der Waals surface area contributed by atoms with Gasteiger partial charge in [0.2, 0.25) is 5.95 Å². The Morgan fingerprint density at radius 2 is 2.35 bits per heavy atom. The summed E-state index contributed by atoms with van der Waals surface area (Å²) in [5.41, 5.74) is 9.61. The van der Waals surface area contributed by atoms with Gasteiger partial charge in [-0.1, -0.05) is 12.2 Å². The van der Waals surface area contributed by atoms with E-state index < -0.39 is 0 Å². The zero-order valence-corrected chi connectivity index (χ0v) is 11.0. The third-order valence-corrected chi connectivity index (χ3v) is 3.38. The molecule has 0 spiro atoms. The molecule has 0 bridgehead atoms. The Labute approximate surface area is 115 Å². The highest BCUT2D eigenvalue weighted by Gasteiger charge is 2.23. The number of hydrogen-bond donors (Lipinski definition) is 3. The second-order valence-corrected chi connectivity index (χ2v) is 4.69. The fourth-order valence-electron chi connectivity index (χ4n) is 2.44. The van der Waals surface area contributed by atoms with Gasteiger partial charge in [-0.3, -0.25) is 4.84 Å². The number of rotatable bonds is 4. The molecule has 0 fully saturated rings. The van der Waals surface area contributed by atoms with Crippen LogP contribution in [-0.4, -0.2) is 38.3 Å². The second-order valence-electron chi connectivity index (χ2n) is 4.69. The van der Waals surface area contributed by atoms with Crippen LogP contribution < -0.4 is 11.2 Å². The van der Waals surface area contributed by atoms with Gasteiger partial charge in [0.05, 0.1) is 19.5 Å². The maximum Gasteiger partial charge on any atom is 0.224 e. The molecule has 0 saturated carbocycles. The SMILES string of the molecule is CONc1nc(N)nc2c1ncn2[C@H]1C=C[C@@H](CO)C1. The Morgan fingerprint density at radius 1 is 1.50 bits per heavy atom. The van der Waals surface area contributed by atoms with Crippen LogP contribution in [0.25, 0.3) is 11.2 Å². The number of anilines is 2. The van der Waals surface area contributed by atoms with Crippen LogP contribution in [0.1, 0.15) is 12.5 Å². The molecule has 0 saturated heterocycles. The Bertz CT molecular complexity index is 653. The van der Waals surface area contributed by atoms with Crippen molar-refractivity contribution < 1.29 is 9.94 Å². The lowest BCUT2D eigenvalue weighted by Gasteiger charge is -2.13. The number of imidazole rings is 1. The van der Waals surface area contributed by atoms with E-state index in [1.165, 1.54) is 7.11 Å². The van der Waals surface area contributed by atoms with Crippen molar-refractivity contribution in [1.82, 2.24) is 19.5 Å². The molecule has 3 rings (SSSR count). The monoisotopic (exact) mass is 276 g/mol. The van der Waals surface area contributed by atoms with Crippen LogP contribution in [0.4, 0.5) is 11.8 Å². The van der Waals surface area contributed by atoms with Gasteiger partial charge in [-0.2, -0.15) is 9.97 Å². The first kappa shape index (κ1) is 12.8. The summed E-state index contributed by atoms with van der Waals surface area (Å²) < 4.78 is 1.93. The lowest BCUT2D eigenvalue weighted by Crippen LogP contribution is -2.09. The first-order valence-corrected chi connectivity index (χ1v) is 6.31. The molecular weight excluding hydrogens is 260 g/mol. The van der Waals surface area contributed by atoms with Crippen molar-refractivity contribution in [3.63, 3.8) is 0 Å². The molecule has 2 heterocycles. The van der Waals surface area contributed by atoms with E-state index in [-0.39, 0.29) is 24.5 Å². The minimum atomic E-state index is 0.113. The number of aliphatic hydroxyl groups excluding tert-OH is 1. The Hall–Kier alpha value is -2.19. The number of allylic oxidation sites excluding steroid dienone is 1. The number of nitrogens with two attached hydrogens (primary N) is 1. The molecule has 0 aliphatic heterocycles. The minimum Gasteiger partial charge on any atom is -0.396 e. The molecule has 106 valence electrons. The number of aliphatic hydroxyl groups is 1. The highest BCUT2D eigenvalue weighted by Crippen LogP contribution is 2.31. The number of aromatic nitrogens is 4. The van der Waals surface area contributed by atoms with Gasteiger partial charge < -0.3 is 15.4 Å². The van der Waals surface area contributed by atoms with Crippen molar-refractivity contribution in [3.8, 4) is 0 Å². The smallest absolute Gasteiger partial charge is 0.224 e. The van der Waals surface area contributed by atoms with Crippen molar-refractivity contribution in [2.75, 3.05) is 24.9 Å². The summed E-state index contributed by atoms with van der Waals surface area (Å²) in [7, 11) is 1.49. The Morgan fingerprint density at radius 3 is 3.05 bits per heavy atom. The molecule has 1 aliphatic rings. The predicted molar refractivity (Wildman–Crippen MR) is 73.7 cm³/mol. The fraction of sp³-hybridized carbons (Fsp3) is 0.417. The zero-order valence-electron chi connectivity index (χ0n) is 11.0. The second kappa shape index (κ2) is 5.06. The van der Waals surface area contributed by atoms with E-state index in [4.69, 9.17) is 10.6 Å². The topological polar surface area (TPSA) is 111 Å². The summed E-state index contributed by atoms with van der Waals surface area (Å²) >= 11 is 0. The van der Waals surface area contributed by atoms with Crippen LogP contribution in [0.2, 0.25) is 0 Å². The third-order valence-electron chi connectivity index (χ3n) is 3.38. The quantitative estimate of drug-likeness (QED) is 0.550. The minimum absolute atomic E-state index is 0.113. The van der Waals surface area contributed by atoms with E-state index in [0.29, 0.717) is 17.0 Å². The van der Waals surface area contributed by atoms with Gasteiger partial charge in [-0.25, -0.2) is 10.5 Å². The average Bonchev–Trinajstić information content (AvgIpc) is 3.04. The fourth-order valence-corrected chi connectivity index (χ4v) is 2.44. The number of hydrogen-bond acceptors (Lipinski definition) is 7. The van der Waals surface area contributed by atoms with Crippen LogP contribution in [0.5, 0.6) is 0 Å². The van der Waals surface area contributed by atoms with Crippen LogP contribution in [0.15, 0.2) is 18.5 Å². The lowest BCUT2D eigenvalue weighted by atomic mass is 10.1. The maximum atomic E-state index is 9.20. The molecule has 2 atom stereocenters. The summed E-state index contributed by atoms with van der Waals surface area (Å²) in [4.78, 5) is 17.5. The van der Waals surface area contributed by atoms with E-state index in [2.05, 4.69) is 20.4 Å². The van der Waals surface area contributed by atoms with Gasteiger partial charge in [0.1, 0.15) is 0 Å². The van der Waals surface area contributed by atoms with Crippen molar-refractivity contribution in [3.05, 3.63) is 18.5 Å². The van der Waals surface area contributed by atoms with Crippen LogP contribution >= 0.6 is 0 Å². The molecule has 0 radical (unpaired) electrons. The third kappa shape index (κ3) is 2.08. The van der Waals surface area contributed by atoms with E-state index in [0.717, 1.165) is 6.42 Å². The van der Waals surface area contributed by atoms with Gasteiger partial charge >= 0.3 is 0 Å². The lowest BCUT2D eigenvalue weighted by molar-refractivity contribution is 0.244. The van der Waals surface area contributed by atoms with E-state index in [1.54, 1.807) is 6.33 Å².